The number of nitrogens with one attached hydrogen (secondary N) is 1. The molecule has 0 spiro atoms. The van der Waals surface area contributed by atoms with Crippen molar-refractivity contribution in [2.75, 3.05) is 0 Å². The third-order valence-electron chi connectivity index (χ3n) is 3.78. The van der Waals surface area contributed by atoms with Crippen LogP contribution in [-0.4, -0.2) is 11.1 Å². The Bertz CT molecular complexity index is 817. The predicted octanol–water partition coefficient (Wildman–Crippen LogP) is 4.50. The maximum absolute atomic E-state index is 12.2. The number of amidine groups is 1. The molecule has 1 heterocycles. The van der Waals surface area contributed by atoms with Gasteiger partial charge in [0.15, 0.2) is 5.17 Å². The SMILES string of the molecule is Cc1ccccc1/C=C1\SC(=Nc2c(C)cccc2C)NC1=O. The summed E-state index contributed by atoms with van der Waals surface area (Å²) in [6, 6.07) is 14.1. The minimum atomic E-state index is -0.0942. The van der Waals surface area contributed by atoms with Gasteiger partial charge in [-0.2, -0.15) is 0 Å². The number of aliphatic imine (C=N–C) groups is 1. The molecule has 1 N–H and O–H groups in total. The molecule has 1 aliphatic rings. The first-order valence-corrected chi connectivity index (χ1v) is 8.27. The van der Waals surface area contributed by atoms with Crippen molar-refractivity contribution in [2.45, 2.75) is 20.8 Å². The molecule has 3 rings (SSSR count). The molecule has 2 aromatic rings. The maximum atomic E-state index is 12.2. The fourth-order valence-corrected chi connectivity index (χ4v) is 3.27. The Labute approximate surface area is 140 Å². The molecule has 0 radical (unpaired) electrons. The van der Waals surface area contributed by atoms with Crippen molar-refractivity contribution in [1.29, 1.82) is 0 Å². The normalized spacial score (nSPS) is 17.8. The summed E-state index contributed by atoms with van der Waals surface area (Å²) in [7, 11) is 0. The second-order valence-electron chi connectivity index (χ2n) is 5.58. The van der Waals surface area contributed by atoms with E-state index in [9.17, 15) is 4.79 Å². The largest absolute Gasteiger partial charge is 0.300 e. The Balaban J connectivity index is 1.91. The van der Waals surface area contributed by atoms with E-state index in [2.05, 4.69) is 10.3 Å². The molecule has 4 heteroatoms. The molecule has 116 valence electrons. The molecular weight excluding hydrogens is 304 g/mol. The van der Waals surface area contributed by atoms with Gasteiger partial charge in [0.25, 0.3) is 5.91 Å². The minimum absolute atomic E-state index is 0.0942. The van der Waals surface area contributed by atoms with Crippen LogP contribution in [0.15, 0.2) is 52.4 Å². The van der Waals surface area contributed by atoms with Gasteiger partial charge in [0.2, 0.25) is 0 Å². The number of carbonyl (C=O) groups is 1. The zero-order chi connectivity index (χ0) is 16.4. The third-order valence-corrected chi connectivity index (χ3v) is 4.69. The maximum Gasteiger partial charge on any atom is 0.264 e. The van der Waals surface area contributed by atoms with E-state index in [0.717, 1.165) is 27.9 Å². The summed E-state index contributed by atoms with van der Waals surface area (Å²) in [5, 5.41) is 3.48. The highest BCUT2D eigenvalue weighted by Crippen LogP contribution is 2.30. The number of carbonyl (C=O) groups excluding carboxylic acids is 1. The van der Waals surface area contributed by atoms with E-state index in [0.29, 0.717) is 10.1 Å². The fourth-order valence-electron chi connectivity index (χ4n) is 2.45. The van der Waals surface area contributed by atoms with Crippen molar-refractivity contribution in [3.63, 3.8) is 0 Å². The molecule has 0 atom stereocenters. The van der Waals surface area contributed by atoms with Crippen LogP contribution in [0.5, 0.6) is 0 Å². The van der Waals surface area contributed by atoms with Crippen LogP contribution < -0.4 is 5.32 Å². The highest BCUT2D eigenvalue weighted by molar-refractivity contribution is 8.18. The van der Waals surface area contributed by atoms with Crippen LogP contribution in [-0.2, 0) is 4.79 Å². The van der Waals surface area contributed by atoms with E-state index in [-0.39, 0.29) is 5.91 Å². The van der Waals surface area contributed by atoms with Crippen molar-refractivity contribution < 1.29 is 4.79 Å². The summed E-state index contributed by atoms with van der Waals surface area (Å²) >= 11 is 1.39. The van der Waals surface area contributed by atoms with Gasteiger partial charge in [0.05, 0.1) is 10.6 Å². The Morgan fingerprint density at radius 2 is 1.61 bits per heavy atom. The van der Waals surface area contributed by atoms with E-state index in [1.807, 2.05) is 69.3 Å². The zero-order valence-electron chi connectivity index (χ0n) is 13.4. The van der Waals surface area contributed by atoms with Crippen LogP contribution in [0.2, 0.25) is 0 Å². The quantitative estimate of drug-likeness (QED) is 0.827. The van der Waals surface area contributed by atoms with E-state index >= 15 is 0 Å². The molecule has 0 bridgehead atoms. The predicted molar refractivity (Wildman–Crippen MR) is 97.9 cm³/mol. The number of benzene rings is 2. The lowest BCUT2D eigenvalue weighted by Gasteiger charge is -2.04. The van der Waals surface area contributed by atoms with E-state index in [1.54, 1.807) is 0 Å². The van der Waals surface area contributed by atoms with E-state index in [4.69, 9.17) is 0 Å². The standard InChI is InChI=1S/C19H18N2OS/c1-12-7-4-5-10-15(12)11-16-18(22)21-19(23-16)20-17-13(2)8-6-9-14(17)3/h4-11H,1-3H3,(H,20,21,22)/b16-11-. The van der Waals surface area contributed by atoms with Crippen LogP contribution >= 0.6 is 11.8 Å². The number of hydrogen-bond acceptors (Lipinski definition) is 3. The molecule has 23 heavy (non-hydrogen) atoms. The van der Waals surface area contributed by atoms with Crippen molar-refractivity contribution >= 4 is 34.6 Å². The van der Waals surface area contributed by atoms with E-state index < -0.39 is 0 Å². The minimum Gasteiger partial charge on any atom is -0.300 e. The third kappa shape index (κ3) is 3.37. The van der Waals surface area contributed by atoms with Crippen LogP contribution in [0.4, 0.5) is 5.69 Å². The molecule has 1 saturated heterocycles. The first-order valence-electron chi connectivity index (χ1n) is 7.46. The number of hydrogen-bond donors (Lipinski definition) is 1. The fraction of sp³-hybridized carbons (Fsp3) is 0.158. The van der Waals surface area contributed by atoms with Gasteiger partial charge in [-0.3, -0.25) is 4.79 Å². The van der Waals surface area contributed by atoms with Crippen molar-refractivity contribution in [3.05, 3.63) is 69.6 Å². The summed E-state index contributed by atoms with van der Waals surface area (Å²) in [5.74, 6) is -0.0942. The highest BCUT2D eigenvalue weighted by atomic mass is 32.2. The molecule has 1 amide bonds. The lowest BCUT2D eigenvalue weighted by Crippen LogP contribution is -2.19. The van der Waals surface area contributed by atoms with Gasteiger partial charge in [0, 0.05) is 0 Å². The number of aryl methyl sites for hydroxylation is 3. The Hall–Kier alpha value is -2.33. The number of para-hydroxylation sites is 1. The molecule has 2 aromatic carbocycles. The van der Waals surface area contributed by atoms with Crippen LogP contribution in [0, 0.1) is 20.8 Å². The van der Waals surface area contributed by atoms with Gasteiger partial charge < -0.3 is 5.32 Å². The average Bonchev–Trinajstić information content (AvgIpc) is 2.85. The van der Waals surface area contributed by atoms with Crippen molar-refractivity contribution in [3.8, 4) is 0 Å². The molecule has 0 unspecified atom stereocenters. The van der Waals surface area contributed by atoms with Gasteiger partial charge in [-0.1, -0.05) is 42.5 Å². The van der Waals surface area contributed by atoms with Crippen LogP contribution in [0.1, 0.15) is 22.3 Å². The van der Waals surface area contributed by atoms with Crippen LogP contribution in [0.25, 0.3) is 6.08 Å². The summed E-state index contributed by atoms with van der Waals surface area (Å²) in [6.45, 7) is 6.09. The first-order chi connectivity index (χ1) is 11.0. The summed E-state index contributed by atoms with van der Waals surface area (Å²) in [4.78, 5) is 17.5. The first kappa shape index (κ1) is 15.6. The van der Waals surface area contributed by atoms with Gasteiger partial charge >= 0.3 is 0 Å². The van der Waals surface area contributed by atoms with Crippen molar-refractivity contribution in [1.82, 2.24) is 5.32 Å². The number of thioether (sulfide) groups is 1. The molecule has 0 aromatic heterocycles. The number of nitrogens with zero attached hydrogens (tertiary/aromatic N) is 1. The van der Waals surface area contributed by atoms with E-state index in [1.165, 1.54) is 11.8 Å². The Morgan fingerprint density at radius 1 is 0.957 bits per heavy atom. The molecule has 1 fully saturated rings. The smallest absolute Gasteiger partial charge is 0.264 e. The average molecular weight is 322 g/mol. The number of amides is 1. The number of rotatable bonds is 2. The second kappa shape index (κ2) is 6.42. The molecule has 0 aliphatic carbocycles. The monoisotopic (exact) mass is 322 g/mol. The van der Waals surface area contributed by atoms with Crippen molar-refractivity contribution in [2.24, 2.45) is 4.99 Å². The zero-order valence-corrected chi connectivity index (χ0v) is 14.2. The van der Waals surface area contributed by atoms with Gasteiger partial charge in [-0.15, -0.1) is 0 Å². The van der Waals surface area contributed by atoms with Gasteiger partial charge in [0.1, 0.15) is 0 Å². The highest BCUT2D eigenvalue weighted by Gasteiger charge is 2.24. The summed E-state index contributed by atoms with van der Waals surface area (Å²) < 4.78 is 0. The molecule has 1 aliphatic heterocycles. The molecule has 3 nitrogen and oxygen atoms in total. The lowest BCUT2D eigenvalue weighted by molar-refractivity contribution is -0.115. The summed E-state index contributed by atoms with van der Waals surface area (Å²) in [6.07, 6.45) is 1.92. The Morgan fingerprint density at radius 3 is 2.30 bits per heavy atom. The van der Waals surface area contributed by atoms with Crippen LogP contribution in [0.3, 0.4) is 0 Å². The molecule has 0 saturated carbocycles. The second-order valence-corrected chi connectivity index (χ2v) is 6.61. The lowest BCUT2D eigenvalue weighted by atomic mass is 10.1. The van der Waals surface area contributed by atoms with Gasteiger partial charge in [-0.25, -0.2) is 4.99 Å². The van der Waals surface area contributed by atoms with Gasteiger partial charge in [-0.05, 0) is 60.9 Å². The summed E-state index contributed by atoms with van der Waals surface area (Å²) in [5.41, 5.74) is 5.33. The topological polar surface area (TPSA) is 41.5 Å². The Kier molecular flexibility index (Phi) is 4.35. The molecular formula is C19H18N2OS.